The summed E-state index contributed by atoms with van der Waals surface area (Å²) in [5, 5.41) is 6.90. The Bertz CT molecular complexity index is 439. The van der Waals surface area contributed by atoms with E-state index in [4.69, 9.17) is 0 Å². The molecule has 2 N–H and O–H groups in total. The molecule has 3 fully saturated rings. The molecule has 3 aliphatic rings. The van der Waals surface area contributed by atoms with Crippen LogP contribution >= 0.6 is 11.3 Å². The highest BCUT2D eigenvalue weighted by Gasteiger charge is 2.35. The maximum absolute atomic E-state index is 12.1. The molecule has 1 aromatic heterocycles. The topological polar surface area (TPSA) is 57.3 Å². The van der Waals surface area contributed by atoms with Gasteiger partial charge in [0.2, 0.25) is 0 Å². The summed E-state index contributed by atoms with van der Waals surface area (Å²) in [7, 11) is 1.81. The first-order valence-corrected chi connectivity index (χ1v) is 7.24. The van der Waals surface area contributed by atoms with E-state index in [1.165, 1.54) is 37.3 Å². The Kier molecular flexibility index (Phi) is 3.22. The van der Waals surface area contributed by atoms with E-state index in [9.17, 15) is 4.79 Å². The van der Waals surface area contributed by atoms with Crippen molar-refractivity contribution < 1.29 is 4.79 Å². The van der Waals surface area contributed by atoms with Crippen LogP contribution in [0.1, 0.15) is 22.5 Å². The van der Waals surface area contributed by atoms with Crippen LogP contribution in [0.2, 0.25) is 0 Å². The predicted molar refractivity (Wildman–Crippen MR) is 72.1 cm³/mol. The molecule has 4 rings (SSSR count). The fourth-order valence-corrected chi connectivity index (χ4v) is 3.54. The smallest absolute Gasteiger partial charge is 0.263 e. The first kappa shape index (κ1) is 11.9. The Morgan fingerprint density at radius 1 is 1.50 bits per heavy atom. The van der Waals surface area contributed by atoms with Crippen LogP contribution in [0.5, 0.6) is 0 Å². The van der Waals surface area contributed by atoms with Crippen molar-refractivity contribution in [2.75, 3.05) is 32.0 Å². The third kappa shape index (κ3) is 2.22. The number of aromatic nitrogens is 1. The van der Waals surface area contributed by atoms with Gasteiger partial charge < -0.3 is 15.5 Å². The highest BCUT2D eigenvalue weighted by molar-refractivity contribution is 7.17. The third-order valence-corrected chi connectivity index (χ3v) is 4.93. The molecule has 18 heavy (non-hydrogen) atoms. The highest BCUT2D eigenvalue weighted by Crippen LogP contribution is 2.28. The minimum Gasteiger partial charge on any atom is -0.365 e. The molecule has 1 amide bonds. The van der Waals surface area contributed by atoms with Crippen LogP contribution in [0.3, 0.4) is 0 Å². The second-order valence-electron chi connectivity index (χ2n) is 5.00. The Morgan fingerprint density at radius 2 is 2.28 bits per heavy atom. The molecule has 1 aromatic rings. The molecule has 3 aliphatic heterocycles. The minimum absolute atomic E-state index is 0.0211. The van der Waals surface area contributed by atoms with Gasteiger partial charge in [-0.1, -0.05) is 11.3 Å². The lowest BCUT2D eigenvalue weighted by Gasteiger charge is -2.44. The molecule has 1 unspecified atom stereocenters. The van der Waals surface area contributed by atoms with Gasteiger partial charge in [-0.05, 0) is 31.8 Å². The number of thiazole rings is 1. The van der Waals surface area contributed by atoms with Crippen LogP contribution < -0.4 is 10.6 Å². The Balaban J connectivity index is 1.64. The summed E-state index contributed by atoms with van der Waals surface area (Å²) in [6.07, 6.45) is 4.08. The van der Waals surface area contributed by atoms with Gasteiger partial charge >= 0.3 is 0 Å². The van der Waals surface area contributed by atoms with Crippen molar-refractivity contribution >= 4 is 22.4 Å². The zero-order valence-electron chi connectivity index (χ0n) is 10.5. The maximum atomic E-state index is 12.1. The SMILES string of the molecule is CNc1ncc(C(=O)NC2CN3CCC2CC3)s1. The van der Waals surface area contributed by atoms with Crippen molar-refractivity contribution in [2.45, 2.75) is 18.9 Å². The third-order valence-electron chi connectivity index (χ3n) is 3.92. The standard InChI is InChI=1S/C12H18N4OS/c1-13-12-14-6-10(18-12)11(17)15-9-7-16-4-2-8(9)3-5-16/h6,8-9H,2-5,7H2,1H3,(H,13,14)(H,15,17). The minimum atomic E-state index is 0.0211. The lowest BCUT2D eigenvalue weighted by atomic mass is 9.84. The zero-order chi connectivity index (χ0) is 12.5. The van der Waals surface area contributed by atoms with Crippen LogP contribution in [0, 0.1) is 5.92 Å². The van der Waals surface area contributed by atoms with Crippen molar-refractivity contribution in [3.05, 3.63) is 11.1 Å². The van der Waals surface area contributed by atoms with Crippen molar-refractivity contribution in [2.24, 2.45) is 5.92 Å². The van der Waals surface area contributed by atoms with Crippen molar-refractivity contribution in [1.82, 2.24) is 15.2 Å². The maximum Gasteiger partial charge on any atom is 0.263 e. The highest BCUT2D eigenvalue weighted by atomic mass is 32.1. The lowest BCUT2D eigenvalue weighted by Crippen LogP contribution is -2.57. The first-order valence-electron chi connectivity index (χ1n) is 6.43. The summed E-state index contributed by atoms with van der Waals surface area (Å²) < 4.78 is 0. The molecule has 3 saturated heterocycles. The molecular weight excluding hydrogens is 248 g/mol. The Morgan fingerprint density at radius 3 is 2.83 bits per heavy atom. The van der Waals surface area contributed by atoms with Crippen molar-refractivity contribution in [3.8, 4) is 0 Å². The fourth-order valence-electron chi connectivity index (χ4n) is 2.86. The number of hydrogen-bond donors (Lipinski definition) is 2. The van der Waals surface area contributed by atoms with Crippen LogP contribution in [0.4, 0.5) is 5.13 Å². The average Bonchev–Trinajstić information content (AvgIpc) is 2.89. The van der Waals surface area contributed by atoms with Crippen molar-refractivity contribution in [1.29, 1.82) is 0 Å². The second-order valence-corrected chi connectivity index (χ2v) is 6.03. The van der Waals surface area contributed by atoms with Gasteiger partial charge in [-0.3, -0.25) is 4.79 Å². The number of amides is 1. The summed E-state index contributed by atoms with van der Waals surface area (Å²) in [4.78, 5) is 19.4. The molecular formula is C12H18N4OS. The van der Waals surface area contributed by atoms with Gasteiger partial charge in [0.25, 0.3) is 5.91 Å². The molecule has 98 valence electrons. The summed E-state index contributed by atoms with van der Waals surface area (Å²) in [6, 6.07) is 0.320. The molecule has 1 atom stereocenters. The van der Waals surface area contributed by atoms with Gasteiger partial charge in [0, 0.05) is 19.6 Å². The number of fused-ring (bicyclic) bond motifs is 3. The number of nitrogens with zero attached hydrogens (tertiary/aromatic N) is 2. The predicted octanol–water partition coefficient (Wildman–Crippen LogP) is 1.01. The quantitative estimate of drug-likeness (QED) is 0.857. The number of piperidine rings is 3. The number of anilines is 1. The van der Waals surface area contributed by atoms with Crippen LogP contribution in [-0.4, -0.2) is 48.5 Å². The lowest BCUT2D eigenvalue weighted by molar-refractivity contribution is 0.0622. The van der Waals surface area contributed by atoms with E-state index in [-0.39, 0.29) is 5.91 Å². The number of hydrogen-bond acceptors (Lipinski definition) is 5. The summed E-state index contributed by atoms with van der Waals surface area (Å²) in [5.41, 5.74) is 0. The van der Waals surface area contributed by atoms with E-state index >= 15 is 0 Å². The number of carbonyl (C=O) groups excluding carboxylic acids is 1. The van der Waals surface area contributed by atoms with E-state index in [1.54, 1.807) is 6.20 Å². The van der Waals surface area contributed by atoms with Crippen molar-refractivity contribution in [3.63, 3.8) is 0 Å². The Hall–Kier alpha value is -1.14. The number of nitrogens with one attached hydrogen (secondary N) is 2. The molecule has 0 spiro atoms. The first-order chi connectivity index (χ1) is 8.76. The molecule has 0 saturated carbocycles. The van der Waals surface area contributed by atoms with Crippen LogP contribution in [-0.2, 0) is 0 Å². The van der Waals surface area contributed by atoms with Gasteiger partial charge in [0.15, 0.2) is 5.13 Å². The van der Waals surface area contributed by atoms with Crippen LogP contribution in [0.15, 0.2) is 6.20 Å². The fraction of sp³-hybridized carbons (Fsp3) is 0.667. The van der Waals surface area contributed by atoms with E-state index in [0.717, 1.165) is 11.7 Å². The molecule has 0 aromatic carbocycles. The molecule has 4 heterocycles. The Labute approximate surface area is 111 Å². The summed E-state index contributed by atoms with van der Waals surface area (Å²) in [6.45, 7) is 3.40. The van der Waals surface area contributed by atoms with E-state index in [1.807, 2.05) is 7.05 Å². The van der Waals surface area contributed by atoms with Crippen LogP contribution in [0.25, 0.3) is 0 Å². The van der Waals surface area contributed by atoms with Gasteiger partial charge in [-0.15, -0.1) is 0 Å². The van der Waals surface area contributed by atoms with Gasteiger partial charge in [-0.2, -0.15) is 0 Å². The number of rotatable bonds is 3. The van der Waals surface area contributed by atoms with E-state index in [0.29, 0.717) is 16.8 Å². The average molecular weight is 266 g/mol. The molecule has 2 bridgehead atoms. The molecule has 6 heteroatoms. The summed E-state index contributed by atoms with van der Waals surface area (Å²) >= 11 is 1.40. The van der Waals surface area contributed by atoms with Gasteiger partial charge in [-0.25, -0.2) is 4.98 Å². The molecule has 0 radical (unpaired) electrons. The van der Waals surface area contributed by atoms with E-state index in [2.05, 4.69) is 20.5 Å². The second kappa shape index (κ2) is 4.85. The molecule has 5 nitrogen and oxygen atoms in total. The van der Waals surface area contributed by atoms with Gasteiger partial charge in [0.1, 0.15) is 4.88 Å². The van der Waals surface area contributed by atoms with E-state index < -0.39 is 0 Å². The number of carbonyl (C=O) groups is 1. The summed E-state index contributed by atoms with van der Waals surface area (Å²) in [5.74, 6) is 0.684. The monoisotopic (exact) mass is 266 g/mol. The normalized spacial score (nSPS) is 30.2. The molecule has 0 aliphatic carbocycles. The van der Waals surface area contributed by atoms with Gasteiger partial charge in [0.05, 0.1) is 6.20 Å². The zero-order valence-corrected chi connectivity index (χ0v) is 11.3. The largest absolute Gasteiger partial charge is 0.365 e.